The van der Waals surface area contributed by atoms with Crippen molar-refractivity contribution >= 4 is 11.8 Å². The second-order valence-corrected chi connectivity index (χ2v) is 6.85. The first-order chi connectivity index (χ1) is 8.40. The molecule has 0 fully saturated rings. The molecule has 0 saturated carbocycles. The molecule has 0 radical (unpaired) electrons. The Labute approximate surface area is 115 Å². The van der Waals surface area contributed by atoms with Gasteiger partial charge in [0.25, 0.3) is 0 Å². The van der Waals surface area contributed by atoms with E-state index in [9.17, 15) is 5.11 Å². The fraction of sp³-hybridized carbons (Fsp3) is 0.600. The molecule has 2 nitrogen and oxygen atoms in total. The van der Waals surface area contributed by atoms with Crippen molar-refractivity contribution in [2.24, 2.45) is 0 Å². The van der Waals surface area contributed by atoms with Crippen molar-refractivity contribution < 1.29 is 5.11 Å². The number of thioether (sulfide) groups is 1. The van der Waals surface area contributed by atoms with E-state index in [1.807, 2.05) is 18.8 Å². The van der Waals surface area contributed by atoms with E-state index in [2.05, 4.69) is 51.2 Å². The highest BCUT2D eigenvalue weighted by Gasteiger charge is 2.24. The van der Waals surface area contributed by atoms with Gasteiger partial charge in [0.2, 0.25) is 0 Å². The first kappa shape index (κ1) is 15.5. The second kappa shape index (κ2) is 6.60. The van der Waals surface area contributed by atoms with Crippen LogP contribution in [0.3, 0.4) is 0 Å². The minimum absolute atomic E-state index is 0.168. The van der Waals surface area contributed by atoms with Crippen LogP contribution in [0.15, 0.2) is 23.1 Å². The largest absolute Gasteiger partial charge is 0.394 e. The van der Waals surface area contributed by atoms with Gasteiger partial charge in [-0.05, 0) is 45.9 Å². The molecule has 18 heavy (non-hydrogen) atoms. The van der Waals surface area contributed by atoms with Gasteiger partial charge in [-0.1, -0.05) is 24.6 Å². The molecule has 0 aliphatic heterocycles. The SMILES string of the molecule is CNC(C)(CO)CC(C)Sc1ccc(C)cc1C. The zero-order chi connectivity index (χ0) is 13.8. The summed E-state index contributed by atoms with van der Waals surface area (Å²) in [6, 6.07) is 6.57. The molecule has 2 N–H and O–H groups in total. The van der Waals surface area contributed by atoms with Gasteiger partial charge in [0.05, 0.1) is 6.61 Å². The fourth-order valence-electron chi connectivity index (χ4n) is 2.07. The summed E-state index contributed by atoms with van der Waals surface area (Å²) in [5.41, 5.74) is 2.45. The van der Waals surface area contributed by atoms with Crippen LogP contribution in [0.5, 0.6) is 0 Å². The van der Waals surface area contributed by atoms with Crippen molar-refractivity contribution in [1.29, 1.82) is 0 Å². The summed E-state index contributed by atoms with van der Waals surface area (Å²) in [6.07, 6.45) is 0.942. The van der Waals surface area contributed by atoms with Gasteiger partial charge in [0.15, 0.2) is 0 Å². The first-order valence-corrected chi connectivity index (χ1v) is 7.32. The van der Waals surface area contributed by atoms with Gasteiger partial charge >= 0.3 is 0 Å². The number of rotatable bonds is 6. The van der Waals surface area contributed by atoms with Gasteiger partial charge in [-0.2, -0.15) is 0 Å². The molecule has 0 bridgehead atoms. The normalized spacial score (nSPS) is 16.3. The van der Waals surface area contributed by atoms with E-state index >= 15 is 0 Å². The molecule has 0 spiro atoms. The van der Waals surface area contributed by atoms with Crippen molar-refractivity contribution in [3.05, 3.63) is 29.3 Å². The van der Waals surface area contributed by atoms with Crippen LogP contribution in [0.25, 0.3) is 0 Å². The molecule has 1 rings (SSSR count). The third-order valence-corrected chi connectivity index (χ3v) is 4.63. The van der Waals surface area contributed by atoms with Crippen LogP contribution in [-0.2, 0) is 0 Å². The molecule has 0 aliphatic rings. The maximum atomic E-state index is 9.42. The van der Waals surface area contributed by atoms with Gasteiger partial charge in [0.1, 0.15) is 0 Å². The van der Waals surface area contributed by atoms with E-state index in [0.717, 1.165) is 6.42 Å². The lowest BCUT2D eigenvalue weighted by atomic mass is 9.97. The van der Waals surface area contributed by atoms with Crippen molar-refractivity contribution in [3.8, 4) is 0 Å². The molecule has 1 aromatic rings. The predicted octanol–water partition coefficient (Wildman–Crippen LogP) is 3.14. The average molecular weight is 267 g/mol. The van der Waals surface area contributed by atoms with Crippen LogP contribution < -0.4 is 5.32 Å². The number of benzene rings is 1. The quantitative estimate of drug-likeness (QED) is 0.777. The average Bonchev–Trinajstić information content (AvgIpc) is 2.32. The van der Waals surface area contributed by atoms with Gasteiger partial charge < -0.3 is 10.4 Å². The minimum atomic E-state index is -0.189. The van der Waals surface area contributed by atoms with Crippen LogP contribution in [0.2, 0.25) is 0 Å². The molecule has 3 heteroatoms. The Morgan fingerprint density at radius 3 is 2.56 bits per heavy atom. The van der Waals surface area contributed by atoms with E-state index in [-0.39, 0.29) is 12.1 Å². The molecule has 0 amide bonds. The molecule has 0 saturated heterocycles. The van der Waals surface area contributed by atoms with E-state index < -0.39 is 0 Å². The predicted molar refractivity (Wildman–Crippen MR) is 80.4 cm³/mol. The van der Waals surface area contributed by atoms with Crippen LogP contribution in [-0.4, -0.2) is 29.5 Å². The van der Waals surface area contributed by atoms with Gasteiger partial charge in [-0.3, -0.25) is 0 Å². The summed E-state index contributed by atoms with van der Waals surface area (Å²) in [6.45, 7) is 8.72. The number of likely N-dealkylation sites (N-methyl/N-ethyl adjacent to an activating group) is 1. The molecule has 0 aliphatic carbocycles. The molecule has 102 valence electrons. The molecule has 2 atom stereocenters. The third kappa shape index (κ3) is 4.30. The molecule has 1 aromatic carbocycles. The molecule has 0 heterocycles. The zero-order valence-corrected chi connectivity index (χ0v) is 12.9. The van der Waals surface area contributed by atoms with Gasteiger partial charge in [0, 0.05) is 15.7 Å². The number of nitrogens with one attached hydrogen (secondary N) is 1. The first-order valence-electron chi connectivity index (χ1n) is 6.44. The lowest BCUT2D eigenvalue weighted by Gasteiger charge is -2.29. The minimum Gasteiger partial charge on any atom is -0.394 e. The van der Waals surface area contributed by atoms with E-state index in [1.54, 1.807) is 0 Å². The Hall–Kier alpha value is -0.510. The highest BCUT2D eigenvalue weighted by molar-refractivity contribution is 8.00. The Bertz CT molecular complexity index is 388. The third-order valence-electron chi connectivity index (χ3n) is 3.35. The zero-order valence-electron chi connectivity index (χ0n) is 12.1. The number of hydrogen-bond donors (Lipinski definition) is 2. The Morgan fingerprint density at radius 2 is 2.06 bits per heavy atom. The van der Waals surface area contributed by atoms with E-state index in [4.69, 9.17) is 0 Å². The van der Waals surface area contributed by atoms with Crippen molar-refractivity contribution in [1.82, 2.24) is 5.32 Å². The summed E-state index contributed by atoms with van der Waals surface area (Å²) in [4.78, 5) is 1.34. The Balaban J connectivity index is 2.67. The maximum Gasteiger partial charge on any atom is 0.0610 e. The Kier molecular flexibility index (Phi) is 5.70. The van der Waals surface area contributed by atoms with E-state index in [1.165, 1.54) is 16.0 Å². The molecule has 2 unspecified atom stereocenters. The molecular weight excluding hydrogens is 242 g/mol. The number of aryl methyl sites for hydroxylation is 2. The maximum absolute atomic E-state index is 9.42. The topological polar surface area (TPSA) is 32.3 Å². The fourth-order valence-corrected chi connectivity index (χ4v) is 3.35. The number of aliphatic hydroxyl groups excluding tert-OH is 1. The summed E-state index contributed by atoms with van der Waals surface area (Å²) in [5.74, 6) is 0. The van der Waals surface area contributed by atoms with Crippen molar-refractivity contribution in [3.63, 3.8) is 0 Å². The van der Waals surface area contributed by atoms with Crippen molar-refractivity contribution in [2.45, 2.75) is 49.8 Å². The van der Waals surface area contributed by atoms with Crippen LogP contribution in [0.4, 0.5) is 0 Å². The molecule has 0 aromatic heterocycles. The van der Waals surface area contributed by atoms with E-state index in [0.29, 0.717) is 5.25 Å². The molecular formula is C15H25NOS. The smallest absolute Gasteiger partial charge is 0.0610 e. The highest BCUT2D eigenvalue weighted by atomic mass is 32.2. The standard InChI is InChI=1S/C15H25NOS/c1-11-6-7-14(12(2)8-11)18-13(3)9-15(4,10-17)16-5/h6-8,13,16-17H,9-10H2,1-5H3. The summed E-state index contributed by atoms with van der Waals surface area (Å²) < 4.78 is 0. The summed E-state index contributed by atoms with van der Waals surface area (Å²) in [5, 5.41) is 13.1. The number of aliphatic hydroxyl groups is 1. The van der Waals surface area contributed by atoms with Crippen LogP contribution in [0.1, 0.15) is 31.4 Å². The van der Waals surface area contributed by atoms with Crippen LogP contribution >= 0.6 is 11.8 Å². The highest BCUT2D eigenvalue weighted by Crippen LogP contribution is 2.31. The lowest BCUT2D eigenvalue weighted by Crippen LogP contribution is -2.45. The van der Waals surface area contributed by atoms with Crippen LogP contribution in [0, 0.1) is 13.8 Å². The summed E-state index contributed by atoms with van der Waals surface area (Å²) >= 11 is 1.89. The van der Waals surface area contributed by atoms with Gasteiger partial charge in [-0.25, -0.2) is 0 Å². The number of hydrogen-bond acceptors (Lipinski definition) is 3. The monoisotopic (exact) mass is 267 g/mol. The van der Waals surface area contributed by atoms with Crippen molar-refractivity contribution in [2.75, 3.05) is 13.7 Å². The second-order valence-electron chi connectivity index (χ2n) is 5.37. The Morgan fingerprint density at radius 1 is 1.39 bits per heavy atom. The summed E-state index contributed by atoms with van der Waals surface area (Å²) in [7, 11) is 1.91. The lowest BCUT2D eigenvalue weighted by molar-refractivity contribution is 0.174. The van der Waals surface area contributed by atoms with Gasteiger partial charge in [-0.15, -0.1) is 11.8 Å².